The van der Waals surface area contributed by atoms with E-state index in [4.69, 9.17) is 4.74 Å². The second-order valence-corrected chi connectivity index (χ2v) is 7.55. The van der Waals surface area contributed by atoms with Gasteiger partial charge < -0.3 is 15.4 Å². The first kappa shape index (κ1) is 20.8. The first-order valence-electron chi connectivity index (χ1n) is 8.64. The Morgan fingerprint density at radius 2 is 2.08 bits per heavy atom. The van der Waals surface area contributed by atoms with Crippen LogP contribution in [0.15, 0.2) is 24.3 Å². The fourth-order valence-electron chi connectivity index (χ4n) is 3.01. The average molecular weight is 355 g/mol. The van der Waals surface area contributed by atoms with Crippen LogP contribution < -0.4 is 15.4 Å². The Balaban J connectivity index is 0.00000288. The Morgan fingerprint density at radius 3 is 2.71 bits per heavy atom. The lowest BCUT2D eigenvalue weighted by atomic mass is 9.85. The van der Waals surface area contributed by atoms with E-state index in [1.807, 2.05) is 45.0 Å². The van der Waals surface area contributed by atoms with Crippen LogP contribution in [0, 0.1) is 11.8 Å². The quantitative estimate of drug-likeness (QED) is 0.831. The Bertz CT molecular complexity index is 522. The van der Waals surface area contributed by atoms with Gasteiger partial charge in [-0.1, -0.05) is 19.1 Å². The molecule has 2 unspecified atom stereocenters. The molecule has 2 N–H and O–H groups in total. The average Bonchev–Trinajstić information content (AvgIpc) is 2.48. The standard InChI is InChI=1S/C19H30N2O2.ClH/c1-14(15-8-7-11-20-13-15)12-18(22)21-16-9-5-6-10-17(16)23-19(2,3)4;/h5-6,9-10,14-15,20H,7-8,11-13H2,1-4H3,(H,21,22);1H. The molecule has 0 saturated carbocycles. The van der Waals surface area contributed by atoms with Crippen LogP contribution in [0.1, 0.15) is 47.0 Å². The van der Waals surface area contributed by atoms with Gasteiger partial charge in [-0.05, 0) is 70.7 Å². The van der Waals surface area contributed by atoms with Gasteiger partial charge in [-0.2, -0.15) is 0 Å². The van der Waals surface area contributed by atoms with E-state index in [1.165, 1.54) is 12.8 Å². The molecule has 5 heteroatoms. The lowest BCUT2D eigenvalue weighted by Crippen LogP contribution is -2.34. The number of para-hydroxylation sites is 2. The maximum absolute atomic E-state index is 12.4. The number of nitrogens with one attached hydrogen (secondary N) is 2. The molecule has 0 aromatic heterocycles. The second-order valence-electron chi connectivity index (χ2n) is 7.55. The van der Waals surface area contributed by atoms with Gasteiger partial charge in [0.1, 0.15) is 11.4 Å². The highest BCUT2D eigenvalue weighted by Gasteiger charge is 2.22. The fraction of sp³-hybridized carbons (Fsp3) is 0.632. The summed E-state index contributed by atoms with van der Waals surface area (Å²) >= 11 is 0. The molecule has 1 fully saturated rings. The Morgan fingerprint density at radius 1 is 1.38 bits per heavy atom. The number of benzene rings is 1. The zero-order valence-corrected chi connectivity index (χ0v) is 16.0. The molecule has 1 aromatic carbocycles. The molecule has 1 aromatic rings. The summed E-state index contributed by atoms with van der Waals surface area (Å²) in [5, 5.41) is 6.44. The van der Waals surface area contributed by atoms with E-state index in [0.29, 0.717) is 18.3 Å². The number of piperidine rings is 1. The normalized spacial score (nSPS) is 19.1. The van der Waals surface area contributed by atoms with Gasteiger partial charge in [-0.3, -0.25) is 4.79 Å². The first-order valence-corrected chi connectivity index (χ1v) is 8.64. The van der Waals surface area contributed by atoms with Crippen LogP contribution in [0.4, 0.5) is 5.69 Å². The molecule has 1 aliphatic heterocycles. The molecule has 0 radical (unpaired) electrons. The molecule has 136 valence electrons. The van der Waals surface area contributed by atoms with Crippen molar-refractivity contribution >= 4 is 24.0 Å². The SMILES string of the molecule is CC(CC(=O)Nc1ccccc1OC(C)(C)C)C1CCCNC1.Cl. The van der Waals surface area contributed by atoms with Gasteiger partial charge in [-0.15, -0.1) is 12.4 Å². The van der Waals surface area contributed by atoms with Crippen LogP contribution in [0.3, 0.4) is 0 Å². The van der Waals surface area contributed by atoms with Crippen LogP contribution in [-0.4, -0.2) is 24.6 Å². The number of anilines is 1. The zero-order valence-electron chi connectivity index (χ0n) is 15.2. The van der Waals surface area contributed by atoms with Gasteiger partial charge in [0.25, 0.3) is 0 Å². The molecule has 0 bridgehead atoms. The minimum Gasteiger partial charge on any atom is -0.486 e. The van der Waals surface area contributed by atoms with E-state index in [-0.39, 0.29) is 23.9 Å². The number of carbonyl (C=O) groups excluding carboxylic acids is 1. The van der Waals surface area contributed by atoms with Crippen molar-refractivity contribution in [2.24, 2.45) is 11.8 Å². The van der Waals surface area contributed by atoms with Crippen molar-refractivity contribution in [3.05, 3.63) is 24.3 Å². The van der Waals surface area contributed by atoms with E-state index in [1.54, 1.807) is 0 Å². The molecule has 1 amide bonds. The lowest BCUT2D eigenvalue weighted by Gasteiger charge is -2.28. The number of carbonyl (C=O) groups is 1. The van der Waals surface area contributed by atoms with Gasteiger partial charge >= 0.3 is 0 Å². The first-order chi connectivity index (χ1) is 10.8. The largest absolute Gasteiger partial charge is 0.486 e. The highest BCUT2D eigenvalue weighted by Crippen LogP contribution is 2.29. The fourth-order valence-corrected chi connectivity index (χ4v) is 3.01. The van der Waals surface area contributed by atoms with Gasteiger partial charge in [0, 0.05) is 6.42 Å². The van der Waals surface area contributed by atoms with Crippen molar-refractivity contribution in [3.63, 3.8) is 0 Å². The summed E-state index contributed by atoms with van der Waals surface area (Å²) in [5.74, 6) is 1.77. The number of rotatable bonds is 5. The number of ether oxygens (including phenoxy) is 1. The highest BCUT2D eigenvalue weighted by molar-refractivity contribution is 5.92. The smallest absolute Gasteiger partial charge is 0.224 e. The van der Waals surface area contributed by atoms with Gasteiger partial charge in [0.2, 0.25) is 5.91 Å². The predicted molar refractivity (Wildman–Crippen MR) is 102 cm³/mol. The van der Waals surface area contributed by atoms with Crippen LogP contribution in [0.2, 0.25) is 0 Å². The Kier molecular flexibility index (Phi) is 8.04. The molecule has 1 aliphatic rings. The summed E-state index contributed by atoms with van der Waals surface area (Å²) in [7, 11) is 0. The van der Waals surface area contributed by atoms with Crippen LogP contribution >= 0.6 is 12.4 Å². The second kappa shape index (κ2) is 9.28. The molecular weight excluding hydrogens is 324 g/mol. The zero-order chi connectivity index (χ0) is 16.9. The molecular formula is C19H31ClN2O2. The summed E-state index contributed by atoms with van der Waals surface area (Å²) in [6, 6.07) is 7.63. The Hall–Kier alpha value is -1.26. The van der Waals surface area contributed by atoms with E-state index in [9.17, 15) is 4.79 Å². The summed E-state index contributed by atoms with van der Waals surface area (Å²) in [6.07, 6.45) is 2.97. The number of hydrogen-bond donors (Lipinski definition) is 2. The van der Waals surface area contributed by atoms with Crippen molar-refractivity contribution in [1.29, 1.82) is 0 Å². The molecule has 4 nitrogen and oxygen atoms in total. The minimum atomic E-state index is -0.290. The maximum atomic E-state index is 12.4. The topological polar surface area (TPSA) is 50.4 Å². The van der Waals surface area contributed by atoms with Gasteiger partial charge in [0.05, 0.1) is 5.69 Å². The molecule has 24 heavy (non-hydrogen) atoms. The molecule has 1 heterocycles. The summed E-state index contributed by atoms with van der Waals surface area (Å²) in [5.41, 5.74) is 0.461. The van der Waals surface area contributed by atoms with Crippen molar-refractivity contribution in [3.8, 4) is 5.75 Å². The van der Waals surface area contributed by atoms with Crippen LogP contribution in [-0.2, 0) is 4.79 Å². The number of halogens is 1. The van der Waals surface area contributed by atoms with Crippen molar-refractivity contribution < 1.29 is 9.53 Å². The summed E-state index contributed by atoms with van der Waals surface area (Å²) in [6.45, 7) is 10.3. The van der Waals surface area contributed by atoms with Crippen LogP contribution in [0.5, 0.6) is 5.75 Å². The lowest BCUT2D eigenvalue weighted by molar-refractivity contribution is -0.117. The summed E-state index contributed by atoms with van der Waals surface area (Å²) in [4.78, 5) is 12.4. The van der Waals surface area contributed by atoms with E-state index in [0.717, 1.165) is 24.5 Å². The van der Waals surface area contributed by atoms with Crippen LogP contribution in [0.25, 0.3) is 0 Å². The maximum Gasteiger partial charge on any atom is 0.224 e. The third-order valence-corrected chi connectivity index (χ3v) is 4.22. The minimum absolute atomic E-state index is 0. The highest BCUT2D eigenvalue weighted by atomic mass is 35.5. The van der Waals surface area contributed by atoms with Crippen molar-refractivity contribution in [1.82, 2.24) is 5.32 Å². The number of amides is 1. The molecule has 2 atom stereocenters. The third-order valence-electron chi connectivity index (χ3n) is 4.22. The summed E-state index contributed by atoms with van der Waals surface area (Å²) < 4.78 is 5.93. The van der Waals surface area contributed by atoms with E-state index in [2.05, 4.69) is 17.6 Å². The van der Waals surface area contributed by atoms with E-state index < -0.39 is 0 Å². The van der Waals surface area contributed by atoms with Crippen molar-refractivity contribution in [2.45, 2.75) is 52.6 Å². The molecule has 1 saturated heterocycles. The van der Waals surface area contributed by atoms with Gasteiger partial charge in [0.15, 0.2) is 0 Å². The molecule has 0 spiro atoms. The number of hydrogen-bond acceptors (Lipinski definition) is 3. The van der Waals surface area contributed by atoms with Crippen molar-refractivity contribution in [2.75, 3.05) is 18.4 Å². The molecule has 0 aliphatic carbocycles. The predicted octanol–water partition coefficient (Wildman–Crippen LogP) is 4.25. The monoisotopic (exact) mass is 354 g/mol. The van der Waals surface area contributed by atoms with Gasteiger partial charge in [-0.25, -0.2) is 0 Å². The van der Waals surface area contributed by atoms with E-state index >= 15 is 0 Å². The Labute approximate surface area is 152 Å². The molecule has 2 rings (SSSR count). The third kappa shape index (κ3) is 6.70.